The zero-order valence-corrected chi connectivity index (χ0v) is 16.3. The minimum Gasteiger partial charge on any atom is -0.483 e. The average molecular weight is 405 g/mol. The first-order valence-corrected chi connectivity index (χ1v) is 9.10. The molecule has 28 heavy (non-hydrogen) atoms. The van der Waals surface area contributed by atoms with Gasteiger partial charge in [0.05, 0.1) is 5.02 Å². The molecule has 2 N–H and O–H groups in total. The van der Waals surface area contributed by atoms with E-state index >= 15 is 0 Å². The van der Waals surface area contributed by atoms with Crippen LogP contribution in [0.4, 0.5) is 0 Å². The zero-order chi connectivity index (χ0) is 20.1. The molecule has 8 heteroatoms. The molecule has 7 nitrogen and oxygen atoms in total. The van der Waals surface area contributed by atoms with Gasteiger partial charge in [-0.25, -0.2) is 0 Å². The van der Waals surface area contributed by atoms with Crippen LogP contribution in [0.1, 0.15) is 19.4 Å². The molecule has 0 unspecified atom stereocenters. The summed E-state index contributed by atoms with van der Waals surface area (Å²) in [6.07, 6.45) is 0.771. The van der Waals surface area contributed by atoms with E-state index in [0.717, 1.165) is 12.0 Å². The van der Waals surface area contributed by atoms with E-state index in [4.69, 9.17) is 25.8 Å². The van der Waals surface area contributed by atoms with Crippen LogP contribution in [-0.2, 0) is 16.0 Å². The van der Waals surface area contributed by atoms with Crippen molar-refractivity contribution in [1.82, 2.24) is 10.9 Å². The summed E-state index contributed by atoms with van der Waals surface area (Å²) < 4.78 is 16.7. The van der Waals surface area contributed by atoms with Gasteiger partial charge in [0.1, 0.15) is 11.4 Å². The first kappa shape index (κ1) is 19.8. The van der Waals surface area contributed by atoms with Crippen LogP contribution < -0.4 is 25.1 Å². The predicted molar refractivity (Wildman–Crippen MR) is 104 cm³/mol. The monoisotopic (exact) mass is 404 g/mol. The van der Waals surface area contributed by atoms with Gasteiger partial charge >= 0.3 is 0 Å². The fraction of sp³-hybridized carbons (Fsp3) is 0.300. The minimum absolute atomic E-state index is 0.272. The highest BCUT2D eigenvalue weighted by Gasteiger charge is 2.32. The molecule has 1 aliphatic rings. The Morgan fingerprint density at radius 2 is 1.61 bits per heavy atom. The Kier molecular flexibility index (Phi) is 5.94. The number of halogens is 1. The first-order chi connectivity index (χ1) is 13.3. The molecule has 0 aliphatic carbocycles. The van der Waals surface area contributed by atoms with Gasteiger partial charge in [-0.3, -0.25) is 20.4 Å². The van der Waals surface area contributed by atoms with E-state index in [9.17, 15) is 9.59 Å². The van der Waals surface area contributed by atoms with Crippen molar-refractivity contribution in [2.45, 2.75) is 25.9 Å². The summed E-state index contributed by atoms with van der Waals surface area (Å²) in [6.45, 7) is 3.42. The van der Waals surface area contributed by atoms with Gasteiger partial charge in [-0.15, -0.1) is 0 Å². The van der Waals surface area contributed by atoms with Gasteiger partial charge in [-0.05, 0) is 32.0 Å². The summed E-state index contributed by atoms with van der Waals surface area (Å²) in [7, 11) is 0. The summed E-state index contributed by atoms with van der Waals surface area (Å²) in [6, 6.07) is 12.3. The maximum Gasteiger partial charge on any atom is 0.276 e. The van der Waals surface area contributed by atoms with Crippen LogP contribution in [0.3, 0.4) is 0 Å². The molecule has 1 aliphatic heterocycles. The molecule has 0 bridgehead atoms. The van der Waals surface area contributed by atoms with Gasteiger partial charge in [0.15, 0.2) is 24.7 Å². The summed E-state index contributed by atoms with van der Waals surface area (Å²) in [5.74, 6) is 0.485. The molecule has 0 radical (unpaired) electrons. The molecular formula is C20H21ClN2O5. The summed E-state index contributed by atoms with van der Waals surface area (Å²) in [5, 5.41) is 0.397. The number of carbonyl (C=O) groups excluding carboxylic acids is 2. The van der Waals surface area contributed by atoms with Crippen molar-refractivity contribution in [3.8, 4) is 17.2 Å². The second-order valence-electron chi connectivity index (χ2n) is 6.89. The molecule has 3 rings (SSSR count). The van der Waals surface area contributed by atoms with E-state index in [-0.39, 0.29) is 18.8 Å². The number of para-hydroxylation sites is 2. The molecule has 2 amide bonds. The lowest BCUT2D eigenvalue weighted by molar-refractivity contribution is -0.131. The molecule has 148 valence electrons. The SMILES string of the molecule is CC1(C)Cc2cccc(OCC(=O)NNC(=O)COc3ccccc3Cl)c2O1. The number of carbonyl (C=O) groups is 2. The third-order valence-electron chi connectivity index (χ3n) is 3.95. The van der Waals surface area contributed by atoms with Crippen molar-refractivity contribution in [3.63, 3.8) is 0 Å². The third kappa shape index (κ3) is 5.07. The van der Waals surface area contributed by atoms with Crippen LogP contribution in [0.2, 0.25) is 5.02 Å². The topological polar surface area (TPSA) is 85.9 Å². The van der Waals surface area contributed by atoms with Gasteiger partial charge in [0.2, 0.25) is 0 Å². The van der Waals surface area contributed by atoms with Crippen molar-refractivity contribution in [3.05, 3.63) is 53.1 Å². The van der Waals surface area contributed by atoms with E-state index < -0.39 is 11.8 Å². The lowest BCUT2D eigenvalue weighted by Crippen LogP contribution is -2.45. The van der Waals surface area contributed by atoms with Crippen molar-refractivity contribution in [2.24, 2.45) is 0 Å². The molecule has 0 saturated heterocycles. The van der Waals surface area contributed by atoms with E-state index in [1.807, 2.05) is 26.0 Å². The molecule has 1 heterocycles. The smallest absolute Gasteiger partial charge is 0.276 e. The largest absolute Gasteiger partial charge is 0.483 e. The highest BCUT2D eigenvalue weighted by atomic mass is 35.5. The third-order valence-corrected chi connectivity index (χ3v) is 4.26. The molecule has 0 aromatic heterocycles. The van der Waals surface area contributed by atoms with E-state index in [1.165, 1.54) is 0 Å². The quantitative estimate of drug-likeness (QED) is 0.723. The number of hydrazine groups is 1. The van der Waals surface area contributed by atoms with Gasteiger partial charge in [-0.1, -0.05) is 35.9 Å². The Hall–Kier alpha value is -2.93. The second kappa shape index (κ2) is 8.39. The number of hydrogen-bond acceptors (Lipinski definition) is 5. The molecule has 2 aromatic rings. The molecule has 0 saturated carbocycles. The number of hydrogen-bond donors (Lipinski definition) is 2. The fourth-order valence-electron chi connectivity index (χ4n) is 2.76. The normalized spacial score (nSPS) is 13.8. The van der Waals surface area contributed by atoms with Crippen LogP contribution in [-0.4, -0.2) is 30.6 Å². The predicted octanol–water partition coefficient (Wildman–Crippen LogP) is 2.66. The summed E-state index contributed by atoms with van der Waals surface area (Å²) >= 11 is 5.94. The second-order valence-corrected chi connectivity index (χ2v) is 7.29. The number of nitrogens with one attached hydrogen (secondary N) is 2. The lowest BCUT2D eigenvalue weighted by Gasteiger charge is -2.18. The Morgan fingerprint density at radius 3 is 2.29 bits per heavy atom. The van der Waals surface area contributed by atoms with E-state index in [1.54, 1.807) is 30.3 Å². The minimum atomic E-state index is -0.529. The van der Waals surface area contributed by atoms with E-state index in [0.29, 0.717) is 22.3 Å². The van der Waals surface area contributed by atoms with Crippen LogP contribution in [0.5, 0.6) is 17.2 Å². The lowest BCUT2D eigenvalue weighted by atomic mass is 10.0. The Balaban J connectivity index is 1.43. The Morgan fingerprint density at radius 1 is 1.00 bits per heavy atom. The standard InChI is InChI=1S/C20H21ClN2O5/c1-20(2)10-13-6-5-9-16(19(13)28-20)27-12-18(25)23-22-17(24)11-26-15-8-4-3-7-14(15)21/h3-9H,10-12H2,1-2H3,(H,22,24)(H,23,25). The molecule has 0 fully saturated rings. The average Bonchev–Trinajstić information content (AvgIpc) is 2.98. The number of fused-ring (bicyclic) bond motifs is 1. The number of benzene rings is 2. The van der Waals surface area contributed by atoms with Crippen LogP contribution in [0, 0.1) is 0 Å². The van der Waals surface area contributed by atoms with Gasteiger partial charge in [0.25, 0.3) is 11.8 Å². The zero-order valence-electron chi connectivity index (χ0n) is 15.6. The molecule has 0 spiro atoms. The van der Waals surface area contributed by atoms with Crippen LogP contribution in [0.15, 0.2) is 42.5 Å². The fourth-order valence-corrected chi connectivity index (χ4v) is 2.95. The highest BCUT2D eigenvalue weighted by Crippen LogP contribution is 2.41. The molecular weight excluding hydrogens is 384 g/mol. The van der Waals surface area contributed by atoms with Crippen molar-refractivity contribution < 1.29 is 23.8 Å². The Labute approximate surface area is 167 Å². The van der Waals surface area contributed by atoms with Crippen LogP contribution in [0.25, 0.3) is 0 Å². The maximum atomic E-state index is 11.9. The highest BCUT2D eigenvalue weighted by molar-refractivity contribution is 6.32. The van der Waals surface area contributed by atoms with Crippen molar-refractivity contribution >= 4 is 23.4 Å². The maximum absolute atomic E-state index is 11.9. The number of ether oxygens (including phenoxy) is 3. The number of rotatable bonds is 6. The van der Waals surface area contributed by atoms with E-state index in [2.05, 4.69) is 10.9 Å². The van der Waals surface area contributed by atoms with Crippen molar-refractivity contribution in [2.75, 3.05) is 13.2 Å². The summed E-state index contributed by atoms with van der Waals surface area (Å²) in [5.41, 5.74) is 5.26. The van der Waals surface area contributed by atoms with Gasteiger partial charge in [0, 0.05) is 12.0 Å². The first-order valence-electron chi connectivity index (χ1n) is 8.73. The van der Waals surface area contributed by atoms with Crippen molar-refractivity contribution in [1.29, 1.82) is 0 Å². The van der Waals surface area contributed by atoms with Gasteiger partial charge < -0.3 is 14.2 Å². The molecule has 0 atom stereocenters. The Bertz CT molecular complexity index is 885. The summed E-state index contributed by atoms with van der Waals surface area (Å²) in [4.78, 5) is 23.7. The van der Waals surface area contributed by atoms with Crippen LogP contribution >= 0.6 is 11.6 Å². The number of amides is 2. The molecule has 2 aromatic carbocycles. The van der Waals surface area contributed by atoms with Gasteiger partial charge in [-0.2, -0.15) is 0 Å².